The van der Waals surface area contributed by atoms with E-state index in [0.717, 1.165) is 12.8 Å². The summed E-state index contributed by atoms with van der Waals surface area (Å²) in [6, 6.07) is 4.58. The molecule has 3 N–H and O–H groups in total. The van der Waals surface area contributed by atoms with Crippen molar-refractivity contribution in [1.82, 2.24) is 9.97 Å². The van der Waals surface area contributed by atoms with Gasteiger partial charge in [0.05, 0.1) is 10.9 Å². The van der Waals surface area contributed by atoms with Crippen molar-refractivity contribution in [1.29, 1.82) is 0 Å². The molecule has 0 radical (unpaired) electrons. The number of hydrogen-bond donors (Lipinski definition) is 2. The van der Waals surface area contributed by atoms with Crippen molar-refractivity contribution in [2.45, 2.75) is 26.2 Å². The SMILES string of the molecule is CCCC(CO)CC=Nc1nc(N)nc2cccc(F)c12. The van der Waals surface area contributed by atoms with Crippen molar-refractivity contribution < 1.29 is 9.50 Å². The Morgan fingerprint density at radius 3 is 2.95 bits per heavy atom. The maximum Gasteiger partial charge on any atom is 0.222 e. The Morgan fingerprint density at radius 1 is 1.43 bits per heavy atom. The Balaban J connectivity index is 2.29. The van der Waals surface area contributed by atoms with Crippen LogP contribution in [0.25, 0.3) is 10.9 Å². The van der Waals surface area contributed by atoms with Crippen LogP contribution in [0.2, 0.25) is 0 Å². The smallest absolute Gasteiger partial charge is 0.222 e. The molecule has 0 spiro atoms. The van der Waals surface area contributed by atoms with Gasteiger partial charge in [0, 0.05) is 12.8 Å². The molecule has 21 heavy (non-hydrogen) atoms. The summed E-state index contributed by atoms with van der Waals surface area (Å²) in [5.41, 5.74) is 6.05. The molecule has 2 rings (SSSR count). The van der Waals surface area contributed by atoms with E-state index in [9.17, 15) is 9.50 Å². The molecule has 112 valence electrons. The third kappa shape index (κ3) is 3.72. The second-order valence-electron chi connectivity index (χ2n) is 4.92. The van der Waals surface area contributed by atoms with Gasteiger partial charge in [-0.25, -0.2) is 14.4 Å². The van der Waals surface area contributed by atoms with Gasteiger partial charge in [-0.2, -0.15) is 4.98 Å². The molecule has 0 bridgehead atoms. The Morgan fingerprint density at radius 2 is 2.24 bits per heavy atom. The minimum atomic E-state index is -0.424. The fourth-order valence-electron chi connectivity index (χ4n) is 2.21. The van der Waals surface area contributed by atoms with Crippen LogP contribution in [0.4, 0.5) is 16.2 Å². The molecule has 0 saturated heterocycles. The molecule has 1 heterocycles. The van der Waals surface area contributed by atoms with E-state index < -0.39 is 5.82 Å². The monoisotopic (exact) mass is 290 g/mol. The predicted octanol–water partition coefficient (Wildman–Crippen LogP) is 2.85. The molecular formula is C15H19FN4O. The number of anilines is 1. The maximum absolute atomic E-state index is 13.9. The number of hydrogen-bond acceptors (Lipinski definition) is 5. The van der Waals surface area contributed by atoms with Gasteiger partial charge in [-0.1, -0.05) is 19.4 Å². The number of nitrogens with two attached hydrogens (primary N) is 1. The zero-order valence-electron chi connectivity index (χ0n) is 12.0. The molecule has 0 saturated carbocycles. The van der Waals surface area contributed by atoms with Crippen LogP contribution in [0.3, 0.4) is 0 Å². The fraction of sp³-hybridized carbons (Fsp3) is 0.400. The minimum absolute atomic E-state index is 0.0625. The fourth-order valence-corrected chi connectivity index (χ4v) is 2.21. The zero-order valence-corrected chi connectivity index (χ0v) is 12.0. The third-order valence-corrected chi connectivity index (χ3v) is 3.28. The van der Waals surface area contributed by atoms with Gasteiger partial charge in [-0.3, -0.25) is 0 Å². The molecule has 1 atom stereocenters. The first-order valence-electron chi connectivity index (χ1n) is 7.00. The van der Waals surface area contributed by atoms with Gasteiger partial charge in [-0.05, 0) is 30.9 Å². The van der Waals surface area contributed by atoms with Crippen LogP contribution in [0, 0.1) is 11.7 Å². The summed E-state index contributed by atoms with van der Waals surface area (Å²) in [5, 5.41) is 9.51. The number of benzene rings is 1. The van der Waals surface area contributed by atoms with Crippen LogP contribution in [0.1, 0.15) is 26.2 Å². The highest BCUT2D eigenvalue weighted by molar-refractivity contribution is 5.90. The van der Waals surface area contributed by atoms with Crippen molar-refractivity contribution in [3.8, 4) is 0 Å². The van der Waals surface area contributed by atoms with E-state index >= 15 is 0 Å². The van der Waals surface area contributed by atoms with E-state index in [-0.39, 0.29) is 29.7 Å². The molecule has 0 aliphatic rings. The number of fused-ring (bicyclic) bond motifs is 1. The Hall–Kier alpha value is -2.08. The van der Waals surface area contributed by atoms with Gasteiger partial charge < -0.3 is 10.8 Å². The normalized spacial score (nSPS) is 13.1. The lowest BCUT2D eigenvalue weighted by Gasteiger charge is -2.09. The molecule has 1 unspecified atom stereocenters. The number of rotatable bonds is 6. The van der Waals surface area contributed by atoms with Crippen molar-refractivity contribution >= 4 is 28.9 Å². The van der Waals surface area contributed by atoms with Crippen LogP contribution in [-0.2, 0) is 0 Å². The Kier molecular flexibility index (Phi) is 5.16. The third-order valence-electron chi connectivity index (χ3n) is 3.28. The van der Waals surface area contributed by atoms with E-state index in [1.165, 1.54) is 6.07 Å². The molecule has 6 heteroatoms. The first-order valence-corrected chi connectivity index (χ1v) is 7.00. The molecule has 2 aromatic rings. The first-order chi connectivity index (χ1) is 10.2. The molecule has 0 amide bonds. The molecule has 1 aromatic carbocycles. The van der Waals surface area contributed by atoms with Crippen molar-refractivity contribution in [2.75, 3.05) is 12.3 Å². The summed E-state index contributed by atoms with van der Waals surface area (Å²) in [6.45, 7) is 2.18. The average Bonchev–Trinajstić information content (AvgIpc) is 2.45. The standard InChI is InChI=1S/C15H19FN4O/c1-2-4-10(9-21)7-8-18-14-13-11(16)5-3-6-12(13)19-15(17)20-14/h3,5-6,8,10,21H,2,4,7,9H2,1H3,(H2,17,19,20). The predicted molar refractivity (Wildman–Crippen MR) is 82.2 cm³/mol. The molecule has 5 nitrogen and oxygen atoms in total. The van der Waals surface area contributed by atoms with E-state index in [4.69, 9.17) is 5.73 Å². The maximum atomic E-state index is 13.9. The molecule has 1 aromatic heterocycles. The lowest BCUT2D eigenvalue weighted by molar-refractivity contribution is 0.223. The first kappa shape index (κ1) is 15.3. The Bertz CT molecular complexity index is 645. The summed E-state index contributed by atoms with van der Waals surface area (Å²) in [7, 11) is 0. The second kappa shape index (κ2) is 7.08. The lowest BCUT2D eigenvalue weighted by Crippen LogP contribution is -2.06. The minimum Gasteiger partial charge on any atom is -0.396 e. The molecule has 0 fully saturated rings. The highest BCUT2D eigenvalue weighted by Gasteiger charge is 2.10. The number of aliphatic imine (C=N–C) groups is 1. The summed E-state index contributed by atoms with van der Waals surface area (Å²) >= 11 is 0. The summed E-state index contributed by atoms with van der Waals surface area (Å²) in [6.07, 6.45) is 4.19. The summed E-state index contributed by atoms with van der Waals surface area (Å²) < 4.78 is 13.9. The second-order valence-corrected chi connectivity index (χ2v) is 4.92. The van der Waals surface area contributed by atoms with Gasteiger partial charge >= 0.3 is 0 Å². The number of nitrogens with zero attached hydrogens (tertiary/aromatic N) is 3. The number of aromatic nitrogens is 2. The van der Waals surface area contributed by atoms with Gasteiger partial charge in [0.1, 0.15) is 5.82 Å². The highest BCUT2D eigenvalue weighted by atomic mass is 19.1. The number of aliphatic hydroxyl groups is 1. The number of aliphatic hydroxyl groups excluding tert-OH is 1. The van der Waals surface area contributed by atoms with Crippen LogP contribution in [0.5, 0.6) is 0 Å². The van der Waals surface area contributed by atoms with E-state index in [1.807, 2.05) is 0 Å². The number of nitrogen functional groups attached to an aromatic ring is 1. The van der Waals surface area contributed by atoms with Gasteiger partial charge in [-0.15, -0.1) is 0 Å². The Labute approximate surface area is 122 Å². The average molecular weight is 290 g/mol. The largest absolute Gasteiger partial charge is 0.396 e. The topological polar surface area (TPSA) is 84.4 Å². The summed E-state index contributed by atoms with van der Waals surface area (Å²) in [4.78, 5) is 12.2. The van der Waals surface area contributed by atoms with Crippen molar-refractivity contribution in [2.24, 2.45) is 10.9 Å². The van der Waals surface area contributed by atoms with Crippen LogP contribution in [0.15, 0.2) is 23.2 Å². The highest BCUT2D eigenvalue weighted by Crippen LogP contribution is 2.26. The van der Waals surface area contributed by atoms with Crippen molar-refractivity contribution in [3.05, 3.63) is 24.0 Å². The van der Waals surface area contributed by atoms with Gasteiger partial charge in [0.15, 0.2) is 5.82 Å². The van der Waals surface area contributed by atoms with E-state index in [1.54, 1.807) is 18.3 Å². The lowest BCUT2D eigenvalue weighted by atomic mass is 10.0. The number of halogens is 1. The van der Waals surface area contributed by atoms with Crippen molar-refractivity contribution in [3.63, 3.8) is 0 Å². The molecule has 0 aliphatic carbocycles. The molecular weight excluding hydrogens is 271 g/mol. The molecule has 0 aliphatic heterocycles. The van der Waals surface area contributed by atoms with Gasteiger partial charge in [0.2, 0.25) is 5.95 Å². The van der Waals surface area contributed by atoms with E-state index in [0.29, 0.717) is 11.9 Å². The quantitative estimate of drug-likeness (QED) is 0.801. The van der Waals surface area contributed by atoms with Crippen LogP contribution in [-0.4, -0.2) is 27.9 Å². The van der Waals surface area contributed by atoms with E-state index in [2.05, 4.69) is 21.9 Å². The van der Waals surface area contributed by atoms with Crippen LogP contribution >= 0.6 is 0 Å². The zero-order chi connectivity index (χ0) is 15.2. The summed E-state index contributed by atoms with van der Waals surface area (Å²) in [5.74, 6) is 0.0252. The van der Waals surface area contributed by atoms with Crippen LogP contribution < -0.4 is 5.73 Å². The van der Waals surface area contributed by atoms with Gasteiger partial charge in [0.25, 0.3) is 0 Å².